The van der Waals surface area contributed by atoms with Gasteiger partial charge in [-0.2, -0.15) is 0 Å². The van der Waals surface area contributed by atoms with Crippen LogP contribution in [0.25, 0.3) is 0 Å². The third-order valence-corrected chi connectivity index (χ3v) is 10.2. The van der Waals surface area contributed by atoms with Crippen molar-refractivity contribution in [2.45, 2.75) is 30.8 Å². The van der Waals surface area contributed by atoms with Gasteiger partial charge in [0.1, 0.15) is 41.6 Å². The van der Waals surface area contributed by atoms with E-state index in [2.05, 4.69) is 15.8 Å². The number of rotatable bonds is 13. The Balaban J connectivity index is 1.29. The Morgan fingerprint density at radius 1 is 0.980 bits per heavy atom. The molecule has 0 bridgehead atoms. The molecule has 14 heteroatoms. The highest BCUT2D eigenvalue weighted by Crippen LogP contribution is 2.42. The van der Waals surface area contributed by atoms with Crippen LogP contribution >= 0.6 is 23.1 Å². The minimum absolute atomic E-state index is 0.141. The van der Waals surface area contributed by atoms with Crippen LogP contribution in [0.1, 0.15) is 36.2 Å². The Kier molecular flexibility index (Phi) is 10.3. The first kappa shape index (κ1) is 34.4. The Bertz CT molecular complexity index is 1850. The molecule has 0 aliphatic carbocycles. The quantitative estimate of drug-likeness (QED) is 0.0589. The molecule has 2 atom stereocenters. The molecule has 2 aliphatic rings. The Hall–Kier alpha value is -5.47. The van der Waals surface area contributed by atoms with E-state index in [-0.39, 0.29) is 36.1 Å². The first-order valence-electron chi connectivity index (χ1n) is 15.7. The van der Waals surface area contributed by atoms with Gasteiger partial charge in [0.2, 0.25) is 0 Å². The van der Waals surface area contributed by atoms with Gasteiger partial charge in [-0.3, -0.25) is 19.3 Å². The Morgan fingerprint density at radius 2 is 1.56 bits per heavy atom. The second kappa shape index (κ2) is 15.0. The summed E-state index contributed by atoms with van der Waals surface area (Å²) >= 11 is 2.54. The summed E-state index contributed by atoms with van der Waals surface area (Å²) in [5, 5.41) is 21.8. The number of nitrogens with zero attached hydrogens (tertiary/aromatic N) is 3. The normalized spacial score (nSPS) is 17.4. The highest BCUT2D eigenvalue weighted by molar-refractivity contribution is 8.00. The topological polar surface area (TPSA) is 160 Å². The number of thioether (sulfide) groups is 1. The van der Waals surface area contributed by atoms with Crippen molar-refractivity contribution >= 4 is 57.7 Å². The molecule has 3 heterocycles. The van der Waals surface area contributed by atoms with Crippen LogP contribution in [0.15, 0.2) is 113 Å². The number of benzene rings is 3. The molecule has 0 saturated carbocycles. The molecule has 0 radical (unpaired) electrons. The second-order valence-electron chi connectivity index (χ2n) is 11.3. The fraction of sp³-hybridized carbons (Fsp3) is 0.222. The molecule has 1 saturated heterocycles. The number of carbonyl (C=O) groups excluding carboxylic acids is 3. The van der Waals surface area contributed by atoms with E-state index in [1.54, 1.807) is 12.3 Å². The zero-order chi connectivity index (χ0) is 35.3. The third-order valence-electron chi connectivity index (χ3n) is 8.15. The number of hydrogen-bond acceptors (Lipinski definition) is 11. The molecule has 1 unspecified atom stereocenters. The largest absolute Gasteiger partial charge is 0.477 e. The lowest BCUT2D eigenvalue weighted by molar-refractivity contribution is -0.150. The summed E-state index contributed by atoms with van der Waals surface area (Å²) in [5.74, 6) is -3.01. The third kappa shape index (κ3) is 6.71. The molecule has 4 aromatic rings. The predicted octanol–water partition coefficient (Wildman–Crippen LogP) is 4.59. The number of aliphatic carboxylic acids is 1. The Labute approximate surface area is 296 Å². The SMILES string of the molecule is CCON=C(C(=O)NC1C(=O)N2C(C(=O)O)=C(COC(C)=O)CS[C@H]12)c1csc(NC(c2ccccc2)(c2ccccc2)c2ccccc2)n1. The molecule has 6 rings (SSSR count). The molecule has 3 aromatic carbocycles. The van der Waals surface area contributed by atoms with Crippen molar-refractivity contribution in [2.24, 2.45) is 5.16 Å². The number of aromatic nitrogens is 1. The van der Waals surface area contributed by atoms with Crippen molar-refractivity contribution in [1.29, 1.82) is 0 Å². The number of thiazole rings is 1. The van der Waals surface area contributed by atoms with E-state index < -0.39 is 40.7 Å². The van der Waals surface area contributed by atoms with Crippen molar-refractivity contribution in [3.05, 3.63) is 130 Å². The van der Waals surface area contributed by atoms with Crippen molar-refractivity contribution in [3.8, 4) is 0 Å². The van der Waals surface area contributed by atoms with Crippen LogP contribution in [-0.4, -0.2) is 74.8 Å². The van der Waals surface area contributed by atoms with Gasteiger partial charge in [-0.1, -0.05) is 96.2 Å². The summed E-state index contributed by atoms with van der Waals surface area (Å²) in [4.78, 5) is 61.7. The number of carboxylic acid groups (broad SMARTS) is 1. The highest BCUT2D eigenvalue weighted by Gasteiger charge is 2.54. The maximum atomic E-state index is 13.7. The number of carbonyl (C=O) groups is 4. The van der Waals surface area contributed by atoms with Crippen LogP contribution in [0.5, 0.6) is 0 Å². The van der Waals surface area contributed by atoms with Gasteiger partial charge in [-0.05, 0) is 23.6 Å². The number of ether oxygens (including phenoxy) is 1. The number of amides is 2. The number of esters is 1. The standard InChI is InChI=1S/C36H33N5O7S2/c1-3-48-40-28(31(43)38-29-32(44)41-30(34(45)46)23(19-47-22(2)42)20-49-33(29)41)27-21-50-35(37-27)39-36(24-13-7-4-8-14-24,25-15-9-5-10-16-25)26-17-11-6-12-18-26/h4-18,21,29,33H,3,19-20H2,1-2H3,(H,37,39)(H,38,43)(H,45,46)/t29?,33-/m1/s1. The molecular weight excluding hydrogens is 679 g/mol. The van der Waals surface area contributed by atoms with Crippen LogP contribution in [0.3, 0.4) is 0 Å². The Morgan fingerprint density at radius 3 is 2.08 bits per heavy atom. The van der Waals surface area contributed by atoms with E-state index in [4.69, 9.17) is 14.6 Å². The lowest BCUT2D eigenvalue weighted by atomic mass is 9.77. The average molecular weight is 712 g/mol. The number of carboxylic acids is 1. The number of anilines is 1. The highest BCUT2D eigenvalue weighted by atomic mass is 32.2. The minimum atomic E-state index is -1.32. The zero-order valence-electron chi connectivity index (χ0n) is 27.1. The van der Waals surface area contributed by atoms with Gasteiger partial charge in [-0.25, -0.2) is 9.78 Å². The molecule has 1 aromatic heterocycles. The van der Waals surface area contributed by atoms with E-state index in [9.17, 15) is 24.3 Å². The average Bonchev–Trinajstić information content (AvgIpc) is 3.60. The summed E-state index contributed by atoms with van der Waals surface area (Å²) in [5.41, 5.74) is 2.19. The molecule has 50 heavy (non-hydrogen) atoms. The van der Waals surface area contributed by atoms with E-state index in [1.165, 1.54) is 30.0 Å². The summed E-state index contributed by atoms with van der Waals surface area (Å²) < 4.78 is 5.00. The fourth-order valence-corrected chi connectivity index (χ4v) is 7.99. The summed E-state index contributed by atoms with van der Waals surface area (Å²) in [6, 6.07) is 29.0. The number of fused-ring (bicyclic) bond motifs is 1. The fourth-order valence-electron chi connectivity index (χ4n) is 5.91. The maximum Gasteiger partial charge on any atom is 0.352 e. The van der Waals surface area contributed by atoms with Crippen LogP contribution in [0, 0.1) is 0 Å². The first-order chi connectivity index (χ1) is 24.2. The summed E-state index contributed by atoms with van der Waals surface area (Å²) in [6.07, 6.45) is 0. The molecule has 2 aliphatic heterocycles. The molecule has 0 spiro atoms. The van der Waals surface area contributed by atoms with Crippen LogP contribution < -0.4 is 10.6 Å². The molecule has 12 nitrogen and oxygen atoms in total. The predicted molar refractivity (Wildman–Crippen MR) is 189 cm³/mol. The zero-order valence-corrected chi connectivity index (χ0v) is 28.7. The van der Waals surface area contributed by atoms with E-state index in [0.29, 0.717) is 10.7 Å². The maximum absolute atomic E-state index is 13.7. The van der Waals surface area contributed by atoms with Crippen LogP contribution in [0.4, 0.5) is 5.13 Å². The smallest absolute Gasteiger partial charge is 0.352 e. The number of oxime groups is 1. The summed E-state index contributed by atoms with van der Waals surface area (Å²) in [7, 11) is 0. The monoisotopic (exact) mass is 711 g/mol. The van der Waals surface area contributed by atoms with Gasteiger partial charge >= 0.3 is 11.9 Å². The molecule has 1 fully saturated rings. The van der Waals surface area contributed by atoms with Crippen LogP contribution in [-0.2, 0) is 34.3 Å². The second-order valence-corrected chi connectivity index (χ2v) is 13.2. The van der Waals surface area contributed by atoms with Crippen molar-refractivity contribution in [3.63, 3.8) is 0 Å². The van der Waals surface area contributed by atoms with Crippen LogP contribution in [0.2, 0.25) is 0 Å². The number of β-lactam (4-membered cyclic amide) rings is 1. The minimum Gasteiger partial charge on any atom is -0.477 e. The van der Waals surface area contributed by atoms with Gasteiger partial charge in [0.25, 0.3) is 11.8 Å². The molecular formula is C36H33N5O7S2. The van der Waals surface area contributed by atoms with E-state index in [0.717, 1.165) is 21.6 Å². The first-order valence-corrected chi connectivity index (χ1v) is 17.6. The van der Waals surface area contributed by atoms with Crippen molar-refractivity contribution < 1.29 is 33.9 Å². The lowest BCUT2D eigenvalue weighted by Crippen LogP contribution is -2.71. The van der Waals surface area contributed by atoms with E-state index in [1.807, 2.05) is 91.0 Å². The number of nitrogens with one attached hydrogen (secondary N) is 2. The molecule has 3 N–H and O–H groups in total. The van der Waals surface area contributed by atoms with Gasteiger partial charge < -0.3 is 25.3 Å². The van der Waals surface area contributed by atoms with Gasteiger partial charge in [0.05, 0.1) is 0 Å². The number of hydrogen-bond donors (Lipinski definition) is 3. The van der Waals surface area contributed by atoms with Gasteiger partial charge in [0.15, 0.2) is 10.8 Å². The van der Waals surface area contributed by atoms with E-state index >= 15 is 0 Å². The van der Waals surface area contributed by atoms with Crippen molar-refractivity contribution in [2.75, 3.05) is 24.3 Å². The van der Waals surface area contributed by atoms with Gasteiger partial charge in [0, 0.05) is 23.6 Å². The van der Waals surface area contributed by atoms with Gasteiger partial charge in [-0.15, -0.1) is 23.1 Å². The molecule has 2 amide bonds. The summed E-state index contributed by atoms with van der Waals surface area (Å²) in [6.45, 7) is 2.87. The lowest BCUT2D eigenvalue weighted by Gasteiger charge is -2.49. The van der Waals surface area contributed by atoms with Crippen molar-refractivity contribution in [1.82, 2.24) is 15.2 Å². The molecule has 256 valence electrons.